The molecule has 1 aliphatic heterocycles. The van der Waals surface area contributed by atoms with E-state index in [1.165, 1.54) is 23.1 Å². The van der Waals surface area contributed by atoms with Crippen LogP contribution in [0.15, 0.2) is 18.2 Å². The topological polar surface area (TPSA) is 38.5 Å². The standard InChI is InChI=1S/C16H26N2O/c1-12-4-5-13(2)15(8-12)16(17)10-18-7-6-14(9-18)11-19-3/h4-5,8,14,16H,6-7,9-11,17H2,1-3H3. The molecule has 0 saturated carbocycles. The van der Waals surface area contributed by atoms with Gasteiger partial charge in [0.15, 0.2) is 0 Å². The largest absolute Gasteiger partial charge is 0.384 e. The number of ether oxygens (including phenoxy) is 1. The summed E-state index contributed by atoms with van der Waals surface area (Å²) in [5.41, 5.74) is 10.3. The highest BCUT2D eigenvalue weighted by atomic mass is 16.5. The second-order valence-corrected chi connectivity index (χ2v) is 5.84. The number of nitrogens with two attached hydrogens (primary N) is 1. The van der Waals surface area contributed by atoms with Gasteiger partial charge < -0.3 is 15.4 Å². The number of methoxy groups -OCH3 is 1. The van der Waals surface area contributed by atoms with Gasteiger partial charge in [-0.3, -0.25) is 0 Å². The highest BCUT2D eigenvalue weighted by Crippen LogP contribution is 2.22. The van der Waals surface area contributed by atoms with E-state index in [0.29, 0.717) is 5.92 Å². The highest BCUT2D eigenvalue weighted by molar-refractivity contribution is 5.33. The minimum absolute atomic E-state index is 0.112. The Morgan fingerprint density at radius 3 is 2.95 bits per heavy atom. The maximum Gasteiger partial charge on any atom is 0.0503 e. The van der Waals surface area contributed by atoms with E-state index >= 15 is 0 Å². The summed E-state index contributed by atoms with van der Waals surface area (Å²) in [5, 5.41) is 0. The summed E-state index contributed by atoms with van der Waals surface area (Å²) >= 11 is 0. The summed E-state index contributed by atoms with van der Waals surface area (Å²) < 4.78 is 5.24. The fraction of sp³-hybridized carbons (Fsp3) is 0.625. The first-order chi connectivity index (χ1) is 9.10. The van der Waals surface area contributed by atoms with E-state index in [2.05, 4.69) is 36.9 Å². The second kappa shape index (κ2) is 6.51. The van der Waals surface area contributed by atoms with Crippen LogP contribution in [0.5, 0.6) is 0 Å². The highest BCUT2D eigenvalue weighted by Gasteiger charge is 2.24. The molecule has 1 heterocycles. The fourth-order valence-electron chi connectivity index (χ4n) is 2.99. The average molecular weight is 262 g/mol. The molecule has 0 aromatic heterocycles. The third-order valence-electron chi connectivity index (χ3n) is 4.06. The number of rotatable bonds is 5. The van der Waals surface area contributed by atoms with Crippen LogP contribution in [0.25, 0.3) is 0 Å². The van der Waals surface area contributed by atoms with Gasteiger partial charge in [-0.25, -0.2) is 0 Å². The lowest BCUT2D eigenvalue weighted by molar-refractivity contribution is 0.152. The monoisotopic (exact) mass is 262 g/mol. The third kappa shape index (κ3) is 3.78. The summed E-state index contributed by atoms with van der Waals surface area (Å²) in [6, 6.07) is 6.65. The number of hydrogen-bond acceptors (Lipinski definition) is 3. The van der Waals surface area contributed by atoms with Crippen LogP contribution >= 0.6 is 0 Å². The van der Waals surface area contributed by atoms with Gasteiger partial charge in [0, 0.05) is 26.2 Å². The lowest BCUT2D eigenvalue weighted by atomic mass is 9.99. The summed E-state index contributed by atoms with van der Waals surface area (Å²) in [6.07, 6.45) is 1.23. The SMILES string of the molecule is COCC1CCN(CC(N)c2cc(C)ccc2C)C1. The van der Waals surface area contributed by atoms with Crippen LogP contribution in [0.3, 0.4) is 0 Å². The minimum atomic E-state index is 0.112. The van der Waals surface area contributed by atoms with Crippen molar-refractivity contribution in [2.45, 2.75) is 26.3 Å². The third-order valence-corrected chi connectivity index (χ3v) is 4.06. The molecule has 3 heteroatoms. The molecule has 0 aliphatic carbocycles. The number of likely N-dealkylation sites (tertiary alicyclic amines) is 1. The molecule has 2 N–H and O–H groups in total. The van der Waals surface area contributed by atoms with E-state index in [0.717, 1.165) is 26.2 Å². The summed E-state index contributed by atoms with van der Waals surface area (Å²) in [4.78, 5) is 2.47. The molecule has 19 heavy (non-hydrogen) atoms. The maximum absolute atomic E-state index is 6.39. The van der Waals surface area contributed by atoms with E-state index in [1.807, 2.05) is 0 Å². The van der Waals surface area contributed by atoms with Crippen molar-refractivity contribution in [3.05, 3.63) is 34.9 Å². The van der Waals surface area contributed by atoms with Crippen molar-refractivity contribution in [3.8, 4) is 0 Å². The first-order valence-corrected chi connectivity index (χ1v) is 7.14. The molecule has 1 aliphatic rings. The van der Waals surface area contributed by atoms with E-state index in [9.17, 15) is 0 Å². The first-order valence-electron chi connectivity index (χ1n) is 7.14. The molecule has 0 radical (unpaired) electrons. The lowest BCUT2D eigenvalue weighted by Gasteiger charge is -2.22. The van der Waals surface area contributed by atoms with Gasteiger partial charge in [-0.1, -0.05) is 23.8 Å². The Morgan fingerprint density at radius 2 is 2.21 bits per heavy atom. The molecule has 0 amide bonds. The molecular formula is C16H26N2O. The van der Waals surface area contributed by atoms with Crippen molar-refractivity contribution < 1.29 is 4.74 Å². The Balaban J connectivity index is 1.94. The molecule has 0 bridgehead atoms. The van der Waals surface area contributed by atoms with Crippen molar-refractivity contribution in [2.75, 3.05) is 33.4 Å². The smallest absolute Gasteiger partial charge is 0.0503 e. The van der Waals surface area contributed by atoms with Crippen LogP contribution in [-0.4, -0.2) is 38.3 Å². The van der Waals surface area contributed by atoms with Crippen LogP contribution in [-0.2, 0) is 4.74 Å². The molecule has 0 spiro atoms. The number of aryl methyl sites for hydroxylation is 2. The molecule has 106 valence electrons. The summed E-state index contributed by atoms with van der Waals surface area (Å²) in [7, 11) is 1.78. The van der Waals surface area contributed by atoms with E-state index < -0.39 is 0 Å². The van der Waals surface area contributed by atoms with Crippen LogP contribution in [0.4, 0.5) is 0 Å². The molecule has 2 unspecified atom stereocenters. The quantitative estimate of drug-likeness (QED) is 0.884. The average Bonchev–Trinajstić information content (AvgIpc) is 2.80. The Hall–Kier alpha value is -0.900. The Labute approximate surface area is 116 Å². The van der Waals surface area contributed by atoms with Crippen LogP contribution in [0.1, 0.15) is 29.2 Å². The molecule has 2 atom stereocenters. The number of benzene rings is 1. The first kappa shape index (κ1) is 14.5. The van der Waals surface area contributed by atoms with E-state index in [-0.39, 0.29) is 6.04 Å². The van der Waals surface area contributed by atoms with Gasteiger partial charge in [0.1, 0.15) is 0 Å². The van der Waals surface area contributed by atoms with Gasteiger partial charge in [-0.05, 0) is 43.9 Å². The maximum atomic E-state index is 6.39. The van der Waals surface area contributed by atoms with E-state index in [1.54, 1.807) is 7.11 Å². The summed E-state index contributed by atoms with van der Waals surface area (Å²) in [6.45, 7) is 8.35. The van der Waals surface area contributed by atoms with Crippen molar-refractivity contribution in [2.24, 2.45) is 11.7 Å². The predicted octanol–water partition coefficient (Wildman–Crippen LogP) is 2.27. The fourth-order valence-corrected chi connectivity index (χ4v) is 2.99. The van der Waals surface area contributed by atoms with Gasteiger partial charge in [0.05, 0.1) is 6.61 Å². The molecule has 2 rings (SSSR count). The number of nitrogens with zero attached hydrogens (tertiary/aromatic N) is 1. The van der Waals surface area contributed by atoms with Gasteiger partial charge in [0.25, 0.3) is 0 Å². The minimum Gasteiger partial charge on any atom is -0.384 e. The molecular weight excluding hydrogens is 236 g/mol. The zero-order valence-electron chi connectivity index (χ0n) is 12.4. The zero-order chi connectivity index (χ0) is 13.8. The van der Waals surface area contributed by atoms with Crippen molar-refractivity contribution >= 4 is 0 Å². The van der Waals surface area contributed by atoms with Crippen LogP contribution in [0, 0.1) is 19.8 Å². The summed E-state index contributed by atoms with van der Waals surface area (Å²) in [5.74, 6) is 0.677. The Morgan fingerprint density at radius 1 is 1.42 bits per heavy atom. The molecule has 3 nitrogen and oxygen atoms in total. The van der Waals surface area contributed by atoms with Crippen molar-refractivity contribution in [1.82, 2.24) is 4.90 Å². The Kier molecular flexibility index (Phi) is 4.97. The van der Waals surface area contributed by atoms with Crippen LogP contribution < -0.4 is 5.73 Å². The second-order valence-electron chi connectivity index (χ2n) is 5.84. The van der Waals surface area contributed by atoms with Gasteiger partial charge in [-0.15, -0.1) is 0 Å². The molecule has 1 aromatic carbocycles. The molecule has 1 fully saturated rings. The molecule has 1 saturated heterocycles. The molecule has 1 aromatic rings. The van der Waals surface area contributed by atoms with Crippen molar-refractivity contribution in [1.29, 1.82) is 0 Å². The lowest BCUT2D eigenvalue weighted by Crippen LogP contribution is -2.31. The predicted molar refractivity (Wildman–Crippen MR) is 79.3 cm³/mol. The van der Waals surface area contributed by atoms with Gasteiger partial charge in [-0.2, -0.15) is 0 Å². The normalized spacial score (nSPS) is 21.8. The number of hydrogen-bond donors (Lipinski definition) is 1. The van der Waals surface area contributed by atoms with Crippen molar-refractivity contribution in [3.63, 3.8) is 0 Å². The van der Waals surface area contributed by atoms with Gasteiger partial charge in [0.2, 0.25) is 0 Å². The van der Waals surface area contributed by atoms with Crippen LogP contribution in [0.2, 0.25) is 0 Å². The zero-order valence-corrected chi connectivity index (χ0v) is 12.4. The van der Waals surface area contributed by atoms with E-state index in [4.69, 9.17) is 10.5 Å². The Bertz CT molecular complexity index is 419. The van der Waals surface area contributed by atoms with Gasteiger partial charge >= 0.3 is 0 Å².